The Balaban J connectivity index is 3.67. The van der Waals surface area contributed by atoms with Gasteiger partial charge in [0.1, 0.15) is 10.3 Å². The fourth-order valence-electron chi connectivity index (χ4n) is 0.541. The second-order valence-electron chi connectivity index (χ2n) is 1.87. The van der Waals surface area contributed by atoms with Crippen molar-refractivity contribution in [2.45, 2.75) is 13.0 Å². The van der Waals surface area contributed by atoms with Crippen molar-refractivity contribution in [2.75, 3.05) is 0 Å². The Kier molecular flexibility index (Phi) is 1.17. The number of halogens is 4. The largest absolute Gasteiger partial charge is 0.433 e. The van der Waals surface area contributed by atoms with Crippen LogP contribution in [0.25, 0.3) is 0 Å². The van der Waals surface area contributed by atoms with Crippen LogP contribution < -0.4 is 0 Å². The average molecular weight is 245 g/mol. The lowest BCUT2D eigenvalue weighted by Crippen LogP contribution is -2.08. The van der Waals surface area contributed by atoms with Crippen molar-refractivity contribution in [1.29, 1.82) is 0 Å². The van der Waals surface area contributed by atoms with Crippen LogP contribution in [-0.4, -0.2) is 4.98 Å². The maximum Gasteiger partial charge on any atom is 0.433 e. The third-order valence-electron chi connectivity index (χ3n) is 0.950. The van der Waals surface area contributed by atoms with Gasteiger partial charge in [0.25, 0.3) is 0 Å². The molecule has 0 aliphatic carbocycles. The van der Waals surface area contributed by atoms with Crippen molar-refractivity contribution >= 4 is 15.9 Å². The molecule has 0 radical (unpaired) electrons. The van der Waals surface area contributed by atoms with Crippen molar-refractivity contribution in [1.82, 2.24) is 4.98 Å². The molecule has 5 heteroatoms. The first kappa shape index (κ1) is 4.60. The van der Waals surface area contributed by atoms with Gasteiger partial charge in [0.05, 0.1) is 2.74 Å². The number of hydrogen-bond acceptors (Lipinski definition) is 1. The van der Waals surface area contributed by atoms with Gasteiger partial charge in [-0.05, 0) is 40.4 Å². The zero-order chi connectivity index (χ0) is 13.6. The van der Waals surface area contributed by atoms with Gasteiger partial charge < -0.3 is 0 Å². The molecule has 0 amide bonds. The summed E-state index contributed by atoms with van der Waals surface area (Å²) in [5.41, 5.74) is -2.58. The Bertz CT molecular complexity index is 456. The molecule has 0 saturated heterocycles. The summed E-state index contributed by atoms with van der Waals surface area (Å²) in [7, 11) is 0. The van der Waals surface area contributed by atoms with Gasteiger partial charge in [0, 0.05) is 4.11 Å². The van der Waals surface area contributed by atoms with Gasteiger partial charge in [-0.3, -0.25) is 0 Å². The van der Waals surface area contributed by atoms with Crippen molar-refractivity contribution in [3.63, 3.8) is 0 Å². The van der Waals surface area contributed by atoms with Gasteiger partial charge in [-0.1, -0.05) is 0 Å². The number of rotatable bonds is 0. The summed E-state index contributed by atoms with van der Waals surface area (Å²) in [4.78, 5) is 2.98. The van der Waals surface area contributed by atoms with E-state index in [0.717, 1.165) is 0 Å². The summed E-state index contributed by atoms with van der Waals surface area (Å²) >= 11 is 2.58. The maximum atomic E-state index is 12.5. The van der Waals surface area contributed by atoms with E-state index < -0.39 is 41.0 Å². The van der Waals surface area contributed by atoms with Crippen molar-refractivity contribution in [3.05, 3.63) is 27.9 Å². The molecule has 0 fully saturated rings. The summed E-state index contributed by atoms with van der Waals surface area (Å²) in [5.74, 6) is 0. The lowest BCUT2D eigenvalue weighted by molar-refractivity contribution is -0.141. The van der Waals surface area contributed by atoms with Crippen LogP contribution >= 0.6 is 15.9 Å². The molecule has 0 N–H and O–H groups in total. The highest BCUT2D eigenvalue weighted by Crippen LogP contribution is 2.29. The molecule has 0 unspecified atom stereocenters. The summed E-state index contributed by atoms with van der Waals surface area (Å²) < 4.78 is 72.5. The van der Waals surface area contributed by atoms with Crippen LogP contribution in [0.2, 0.25) is 0 Å². The molecule has 1 nitrogen and oxygen atoms in total. The van der Waals surface area contributed by atoms with Crippen LogP contribution in [0.1, 0.15) is 18.1 Å². The van der Waals surface area contributed by atoms with E-state index in [1.807, 2.05) is 0 Å². The smallest absolute Gasteiger partial charge is 0.236 e. The Morgan fingerprint density at radius 1 is 1.58 bits per heavy atom. The molecule has 1 heterocycles. The molecule has 66 valence electrons. The molecule has 0 aliphatic heterocycles. The first-order valence-electron chi connectivity index (χ1n) is 5.20. The molecule has 0 atom stereocenters. The molecular weight excluding hydrogens is 235 g/mol. The summed E-state index contributed by atoms with van der Waals surface area (Å²) in [6, 6.07) is -2.02. The van der Waals surface area contributed by atoms with Gasteiger partial charge in [-0.2, -0.15) is 13.2 Å². The number of aromatic nitrogens is 1. The first-order chi connectivity index (χ1) is 7.46. The van der Waals surface area contributed by atoms with Crippen molar-refractivity contribution in [3.8, 4) is 0 Å². The van der Waals surface area contributed by atoms with Crippen LogP contribution in [0.3, 0.4) is 0 Å². The van der Waals surface area contributed by atoms with Gasteiger partial charge in [0.15, 0.2) is 0 Å². The minimum atomic E-state index is -4.94. The molecule has 0 aromatic carbocycles. The highest BCUT2D eigenvalue weighted by Gasteiger charge is 2.32. The van der Waals surface area contributed by atoms with Gasteiger partial charge in [-0.25, -0.2) is 4.98 Å². The minimum Gasteiger partial charge on any atom is -0.236 e. The average Bonchev–Trinajstić information content (AvgIpc) is 2.07. The standard InChI is InChI=1S/C7H5BrF3N/c1-4-2-5(7(9,10)11)12-6(8)3-4/h2-3H,1H3/i1D3,2D,3D. The quantitative estimate of drug-likeness (QED) is 0.639. The fraction of sp³-hybridized carbons (Fsp3) is 0.286. The van der Waals surface area contributed by atoms with Crippen LogP contribution in [0.4, 0.5) is 13.2 Å². The first-order valence-corrected chi connectivity index (χ1v) is 3.50. The van der Waals surface area contributed by atoms with Gasteiger partial charge in [-0.15, -0.1) is 0 Å². The lowest BCUT2D eigenvalue weighted by atomic mass is 10.2. The lowest BCUT2D eigenvalue weighted by Gasteiger charge is -2.06. The molecule has 1 aromatic rings. The Labute approximate surface area is 82.8 Å². The van der Waals surface area contributed by atoms with Crippen molar-refractivity contribution < 1.29 is 20.0 Å². The SMILES string of the molecule is [2H]c1c(Br)nc(C(F)(F)F)c([2H])c1C([2H])([2H])[2H]. The molecule has 0 saturated carbocycles. The van der Waals surface area contributed by atoms with E-state index in [9.17, 15) is 13.2 Å². The second-order valence-corrected chi connectivity index (χ2v) is 2.63. The maximum absolute atomic E-state index is 12.5. The molecule has 12 heavy (non-hydrogen) atoms. The van der Waals surface area contributed by atoms with E-state index in [0.29, 0.717) is 0 Å². The highest BCUT2D eigenvalue weighted by molar-refractivity contribution is 9.10. The van der Waals surface area contributed by atoms with Gasteiger partial charge >= 0.3 is 6.18 Å². The number of hydrogen-bond donors (Lipinski definition) is 0. The highest BCUT2D eigenvalue weighted by atomic mass is 79.9. The predicted molar refractivity (Wildman–Crippen MR) is 41.7 cm³/mol. The number of pyridine rings is 1. The van der Waals surface area contributed by atoms with Crippen molar-refractivity contribution in [2.24, 2.45) is 0 Å². The summed E-state index contributed by atoms with van der Waals surface area (Å²) in [6.45, 7) is -2.97. The van der Waals surface area contributed by atoms with E-state index in [2.05, 4.69) is 20.9 Å². The summed E-state index contributed by atoms with van der Waals surface area (Å²) in [5, 5.41) is 0. The third kappa shape index (κ3) is 2.20. The van der Waals surface area contributed by atoms with E-state index in [1.165, 1.54) is 0 Å². The van der Waals surface area contributed by atoms with E-state index in [-0.39, 0.29) is 0 Å². The Morgan fingerprint density at radius 2 is 2.25 bits per heavy atom. The predicted octanol–water partition coefficient (Wildman–Crippen LogP) is 3.17. The fourth-order valence-corrected chi connectivity index (χ4v) is 0.917. The molecule has 1 aromatic heterocycles. The number of alkyl halides is 3. The van der Waals surface area contributed by atoms with E-state index in [1.54, 1.807) is 0 Å². The second kappa shape index (κ2) is 3.05. The van der Waals surface area contributed by atoms with Crippen LogP contribution in [-0.2, 0) is 6.18 Å². The molecule has 0 spiro atoms. The van der Waals surface area contributed by atoms with Gasteiger partial charge in [0.2, 0.25) is 0 Å². The monoisotopic (exact) mass is 244 g/mol. The third-order valence-corrected chi connectivity index (χ3v) is 1.33. The van der Waals surface area contributed by atoms with E-state index in [4.69, 9.17) is 6.85 Å². The van der Waals surface area contributed by atoms with Crippen LogP contribution in [0.5, 0.6) is 0 Å². The zero-order valence-electron chi connectivity index (χ0n) is 10.5. The summed E-state index contributed by atoms with van der Waals surface area (Å²) in [6.07, 6.45) is -4.94. The molecular formula is C7H5BrF3N. The van der Waals surface area contributed by atoms with Crippen LogP contribution in [0, 0.1) is 6.85 Å². The molecule has 0 aliphatic rings. The topological polar surface area (TPSA) is 12.9 Å². The number of nitrogens with zero attached hydrogens (tertiary/aromatic N) is 1. The normalized spacial score (nSPS) is 18.8. The molecule has 0 bridgehead atoms. The zero-order valence-corrected chi connectivity index (χ0v) is 7.05. The van der Waals surface area contributed by atoms with E-state index >= 15 is 0 Å². The Hall–Kier alpha value is -0.580. The molecule has 1 rings (SSSR count). The Morgan fingerprint density at radius 3 is 2.75 bits per heavy atom. The van der Waals surface area contributed by atoms with Crippen LogP contribution in [0.15, 0.2) is 16.7 Å². The minimum absolute atomic E-state index is 0.549.